The molecule has 1 atom stereocenters. The Bertz CT molecular complexity index is 378. The molecule has 0 saturated carbocycles. The van der Waals surface area contributed by atoms with Crippen LogP contribution in [0.4, 0.5) is 0 Å². The lowest BCUT2D eigenvalue weighted by Crippen LogP contribution is -2.51. The van der Waals surface area contributed by atoms with Gasteiger partial charge in [0.25, 0.3) is 0 Å². The maximum Gasteiger partial charge on any atom is 0.222 e. The van der Waals surface area contributed by atoms with E-state index < -0.39 is 0 Å². The number of hydrogen-bond acceptors (Lipinski definition) is 3. The third kappa shape index (κ3) is 4.96. The Morgan fingerprint density at radius 1 is 1.47 bits per heavy atom. The van der Waals surface area contributed by atoms with Crippen LogP contribution in [0.15, 0.2) is 17.5 Å². The molecule has 1 aliphatic rings. The monoisotopic (exact) mass is 280 g/mol. The zero-order chi connectivity index (χ0) is 13.5. The van der Waals surface area contributed by atoms with Crippen molar-refractivity contribution in [2.45, 2.75) is 45.1 Å². The van der Waals surface area contributed by atoms with Gasteiger partial charge in [-0.2, -0.15) is 0 Å². The van der Waals surface area contributed by atoms with Gasteiger partial charge in [-0.3, -0.25) is 4.79 Å². The minimum absolute atomic E-state index is 0.337. The number of carbonyl (C=O) groups is 1. The number of unbranched alkanes of at least 4 members (excludes halogenated alkanes) is 2. The van der Waals surface area contributed by atoms with Gasteiger partial charge in [0.05, 0.1) is 0 Å². The number of thiophene rings is 1. The molecule has 1 saturated heterocycles. The maximum absolute atomic E-state index is 12.0. The molecule has 0 aliphatic carbocycles. The largest absolute Gasteiger partial charge is 0.340 e. The second kappa shape index (κ2) is 7.65. The molecular weight excluding hydrogens is 256 g/mol. The second-order valence-electron chi connectivity index (χ2n) is 5.33. The van der Waals surface area contributed by atoms with Crippen LogP contribution in [0, 0.1) is 0 Å². The van der Waals surface area contributed by atoms with E-state index in [0.29, 0.717) is 11.9 Å². The van der Waals surface area contributed by atoms with E-state index in [1.165, 1.54) is 11.3 Å². The lowest BCUT2D eigenvalue weighted by Gasteiger charge is -2.32. The summed E-state index contributed by atoms with van der Waals surface area (Å²) in [4.78, 5) is 15.5. The summed E-state index contributed by atoms with van der Waals surface area (Å²) >= 11 is 1.83. The van der Waals surface area contributed by atoms with Gasteiger partial charge in [-0.25, -0.2) is 0 Å². The zero-order valence-corrected chi connectivity index (χ0v) is 12.5. The van der Waals surface area contributed by atoms with Crippen molar-refractivity contribution in [1.29, 1.82) is 0 Å². The fourth-order valence-corrected chi connectivity index (χ4v) is 3.28. The van der Waals surface area contributed by atoms with Gasteiger partial charge in [0, 0.05) is 37.0 Å². The van der Waals surface area contributed by atoms with Gasteiger partial charge in [-0.15, -0.1) is 11.3 Å². The van der Waals surface area contributed by atoms with E-state index in [9.17, 15) is 4.79 Å². The minimum Gasteiger partial charge on any atom is -0.340 e. The summed E-state index contributed by atoms with van der Waals surface area (Å²) < 4.78 is 0. The summed E-state index contributed by atoms with van der Waals surface area (Å²) in [5, 5.41) is 5.50. The number of carbonyl (C=O) groups excluding carboxylic acids is 1. The third-order valence-electron chi connectivity index (χ3n) is 3.62. The van der Waals surface area contributed by atoms with E-state index in [0.717, 1.165) is 45.3 Å². The Labute approximate surface area is 120 Å². The fourth-order valence-electron chi connectivity index (χ4n) is 2.52. The van der Waals surface area contributed by atoms with Crippen LogP contribution < -0.4 is 5.32 Å². The average molecular weight is 280 g/mol. The van der Waals surface area contributed by atoms with Crippen LogP contribution in [0.25, 0.3) is 0 Å². The Hall–Kier alpha value is -0.870. The first-order valence-electron chi connectivity index (χ1n) is 7.29. The Morgan fingerprint density at radius 3 is 3.11 bits per heavy atom. The summed E-state index contributed by atoms with van der Waals surface area (Å²) in [6, 6.07) is 4.74. The smallest absolute Gasteiger partial charge is 0.222 e. The summed E-state index contributed by atoms with van der Waals surface area (Å²) in [5.74, 6) is 0.337. The quantitative estimate of drug-likeness (QED) is 0.813. The fraction of sp³-hybridized carbons (Fsp3) is 0.667. The number of amides is 1. The maximum atomic E-state index is 12.0. The molecule has 106 valence electrons. The van der Waals surface area contributed by atoms with Crippen molar-refractivity contribution >= 4 is 17.2 Å². The van der Waals surface area contributed by atoms with E-state index in [2.05, 4.69) is 29.8 Å². The van der Waals surface area contributed by atoms with Crippen molar-refractivity contribution in [2.75, 3.05) is 19.6 Å². The summed E-state index contributed by atoms with van der Waals surface area (Å²) in [5.41, 5.74) is 0. The molecule has 4 heteroatoms. The van der Waals surface area contributed by atoms with E-state index >= 15 is 0 Å². The number of piperazine rings is 1. The first-order chi connectivity index (χ1) is 9.25. The van der Waals surface area contributed by atoms with E-state index in [-0.39, 0.29) is 0 Å². The van der Waals surface area contributed by atoms with Crippen LogP contribution in [0.5, 0.6) is 0 Å². The molecular formula is C15H24N2OS. The Morgan fingerprint density at radius 2 is 2.37 bits per heavy atom. The highest BCUT2D eigenvalue weighted by Crippen LogP contribution is 2.13. The predicted octanol–water partition coefficient (Wildman–Crippen LogP) is 2.67. The first kappa shape index (κ1) is 14.5. The van der Waals surface area contributed by atoms with E-state index in [1.807, 2.05) is 16.2 Å². The van der Waals surface area contributed by atoms with Crippen LogP contribution in [-0.2, 0) is 11.2 Å². The highest BCUT2D eigenvalue weighted by Gasteiger charge is 2.19. The Kier molecular flexibility index (Phi) is 5.86. The van der Waals surface area contributed by atoms with Crippen molar-refractivity contribution < 1.29 is 4.79 Å². The number of aryl methyl sites for hydroxylation is 1. The van der Waals surface area contributed by atoms with Crippen molar-refractivity contribution in [3.05, 3.63) is 22.4 Å². The molecule has 0 spiro atoms. The molecule has 0 aromatic carbocycles. The number of nitrogens with zero attached hydrogens (tertiary/aromatic N) is 1. The van der Waals surface area contributed by atoms with Gasteiger partial charge >= 0.3 is 0 Å². The van der Waals surface area contributed by atoms with Crippen molar-refractivity contribution in [3.63, 3.8) is 0 Å². The molecule has 2 heterocycles. The predicted molar refractivity (Wildman–Crippen MR) is 80.5 cm³/mol. The van der Waals surface area contributed by atoms with Gasteiger partial charge in [0.1, 0.15) is 0 Å². The molecule has 1 amide bonds. The molecule has 0 radical (unpaired) electrons. The molecule has 1 N–H and O–H groups in total. The lowest BCUT2D eigenvalue weighted by molar-refractivity contribution is -0.132. The number of nitrogens with one attached hydrogen (secondary N) is 1. The van der Waals surface area contributed by atoms with Gasteiger partial charge in [-0.1, -0.05) is 12.5 Å². The van der Waals surface area contributed by atoms with Crippen LogP contribution in [0.1, 0.15) is 37.5 Å². The summed E-state index contributed by atoms with van der Waals surface area (Å²) in [6.07, 6.45) is 5.27. The van der Waals surface area contributed by atoms with E-state index in [4.69, 9.17) is 0 Å². The van der Waals surface area contributed by atoms with Crippen molar-refractivity contribution in [1.82, 2.24) is 10.2 Å². The second-order valence-corrected chi connectivity index (χ2v) is 6.37. The van der Waals surface area contributed by atoms with Crippen LogP contribution in [-0.4, -0.2) is 36.5 Å². The topological polar surface area (TPSA) is 32.3 Å². The minimum atomic E-state index is 0.337. The Balaban J connectivity index is 1.56. The molecule has 1 fully saturated rings. The molecule has 2 rings (SSSR count). The highest BCUT2D eigenvalue weighted by molar-refractivity contribution is 7.09. The van der Waals surface area contributed by atoms with Gasteiger partial charge < -0.3 is 10.2 Å². The lowest BCUT2D eigenvalue weighted by atomic mass is 10.1. The molecule has 19 heavy (non-hydrogen) atoms. The van der Waals surface area contributed by atoms with Crippen LogP contribution >= 0.6 is 11.3 Å². The number of hydrogen-bond donors (Lipinski definition) is 1. The average Bonchev–Trinajstić information content (AvgIpc) is 2.91. The van der Waals surface area contributed by atoms with Gasteiger partial charge in [0.2, 0.25) is 5.91 Å². The summed E-state index contributed by atoms with van der Waals surface area (Å²) in [6.45, 7) is 4.82. The van der Waals surface area contributed by atoms with Crippen LogP contribution in [0.2, 0.25) is 0 Å². The molecule has 1 aliphatic heterocycles. The summed E-state index contributed by atoms with van der Waals surface area (Å²) in [7, 11) is 0. The zero-order valence-electron chi connectivity index (χ0n) is 11.7. The van der Waals surface area contributed by atoms with Crippen molar-refractivity contribution in [2.24, 2.45) is 0 Å². The molecule has 1 unspecified atom stereocenters. The van der Waals surface area contributed by atoms with Crippen LogP contribution in [0.3, 0.4) is 0 Å². The molecule has 0 bridgehead atoms. The third-order valence-corrected chi connectivity index (χ3v) is 4.55. The van der Waals surface area contributed by atoms with E-state index in [1.54, 1.807) is 0 Å². The number of rotatable bonds is 6. The molecule has 3 nitrogen and oxygen atoms in total. The highest BCUT2D eigenvalue weighted by atomic mass is 32.1. The van der Waals surface area contributed by atoms with Crippen molar-refractivity contribution in [3.8, 4) is 0 Å². The SMILES string of the molecule is CC1CN(C(=O)CCCCCc2cccs2)CCN1. The first-order valence-corrected chi connectivity index (χ1v) is 8.17. The van der Waals surface area contributed by atoms with Gasteiger partial charge in [0.15, 0.2) is 0 Å². The normalized spacial score (nSPS) is 19.6. The standard InChI is InChI=1S/C15H24N2OS/c1-13-12-17(10-9-16-13)15(18)8-4-2-3-6-14-7-5-11-19-14/h5,7,11,13,16H,2-4,6,8-10,12H2,1H3. The van der Waals surface area contributed by atoms with Gasteiger partial charge in [-0.05, 0) is 37.6 Å². The molecule has 1 aromatic heterocycles. The molecule has 1 aromatic rings.